The van der Waals surface area contributed by atoms with E-state index in [-0.39, 0.29) is 34.5 Å². The molecule has 8 nitrogen and oxygen atoms in total. The lowest BCUT2D eigenvalue weighted by Crippen LogP contribution is -2.44. The van der Waals surface area contributed by atoms with Crippen LogP contribution in [0.5, 0.6) is 0 Å². The topological polar surface area (TPSA) is 102 Å². The summed E-state index contributed by atoms with van der Waals surface area (Å²) in [6.45, 7) is 0.661. The van der Waals surface area contributed by atoms with Gasteiger partial charge in [0.15, 0.2) is 0 Å². The van der Waals surface area contributed by atoms with Gasteiger partial charge in [-0.15, -0.1) is 12.4 Å². The number of carbonyl (C=O) groups is 2. The van der Waals surface area contributed by atoms with Gasteiger partial charge in [0.25, 0.3) is 0 Å². The molecule has 1 N–H and O–H groups in total. The fourth-order valence-electron chi connectivity index (χ4n) is 2.78. The Morgan fingerprint density at radius 2 is 1.69 bits per heavy atom. The molecule has 1 aromatic carbocycles. The van der Waals surface area contributed by atoms with E-state index >= 15 is 0 Å². The maximum atomic E-state index is 13.0. The van der Waals surface area contributed by atoms with Crippen molar-refractivity contribution < 1.29 is 27.5 Å². The van der Waals surface area contributed by atoms with Crippen molar-refractivity contribution >= 4 is 34.4 Å². The highest BCUT2D eigenvalue weighted by Gasteiger charge is 2.33. The van der Waals surface area contributed by atoms with Gasteiger partial charge in [-0.1, -0.05) is 0 Å². The third kappa shape index (κ3) is 4.53. The van der Waals surface area contributed by atoms with Gasteiger partial charge in [-0.2, -0.15) is 4.31 Å². The van der Waals surface area contributed by atoms with Gasteiger partial charge in [-0.05, 0) is 38.1 Å². The van der Waals surface area contributed by atoms with Crippen LogP contribution < -0.4 is 5.32 Å². The van der Waals surface area contributed by atoms with E-state index in [0.29, 0.717) is 25.9 Å². The molecule has 0 radical (unpaired) electrons. The van der Waals surface area contributed by atoms with Gasteiger partial charge in [0.2, 0.25) is 10.0 Å². The van der Waals surface area contributed by atoms with Crippen molar-refractivity contribution in [2.75, 3.05) is 34.4 Å². The molecule has 1 aromatic rings. The second-order valence-electron chi connectivity index (χ2n) is 5.66. The average Bonchev–Trinajstić information content (AvgIpc) is 2.66. The normalized spacial score (nSPS) is 15.8. The van der Waals surface area contributed by atoms with Crippen LogP contribution in [-0.4, -0.2) is 65.1 Å². The number of hydrogen-bond donors (Lipinski definition) is 1. The quantitative estimate of drug-likeness (QED) is 0.729. The maximum Gasteiger partial charge on any atom is 0.339 e. The molecule has 146 valence electrons. The Balaban J connectivity index is 0.00000338. The predicted octanol–water partition coefficient (Wildman–Crippen LogP) is 1.05. The molecule has 0 aromatic heterocycles. The van der Waals surface area contributed by atoms with E-state index in [0.717, 1.165) is 6.07 Å². The first kappa shape index (κ1) is 22.4. The van der Waals surface area contributed by atoms with Crippen LogP contribution in [0.3, 0.4) is 0 Å². The van der Waals surface area contributed by atoms with Gasteiger partial charge < -0.3 is 14.8 Å². The summed E-state index contributed by atoms with van der Waals surface area (Å²) in [5.74, 6) is -1.46. The molecule has 0 aliphatic carbocycles. The van der Waals surface area contributed by atoms with Crippen molar-refractivity contribution in [1.29, 1.82) is 0 Å². The summed E-state index contributed by atoms with van der Waals surface area (Å²) in [6, 6.07) is 4.03. The third-order valence-corrected chi connectivity index (χ3v) is 6.23. The second kappa shape index (κ2) is 9.31. The van der Waals surface area contributed by atoms with Gasteiger partial charge >= 0.3 is 11.9 Å². The smallest absolute Gasteiger partial charge is 0.339 e. The van der Waals surface area contributed by atoms with E-state index < -0.39 is 22.0 Å². The zero-order valence-corrected chi connectivity index (χ0v) is 16.5. The number of halogens is 1. The van der Waals surface area contributed by atoms with Crippen LogP contribution >= 0.6 is 12.4 Å². The molecule has 0 unspecified atom stereocenters. The summed E-state index contributed by atoms with van der Waals surface area (Å²) in [7, 11) is 0.264. The summed E-state index contributed by atoms with van der Waals surface area (Å²) < 4.78 is 36.7. The average molecular weight is 407 g/mol. The number of esters is 2. The third-order valence-electron chi connectivity index (χ3n) is 4.29. The van der Waals surface area contributed by atoms with Crippen LogP contribution in [-0.2, 0) is 19.5 Å². The highest BCUT2D eigenvalue weighted by atomic mass is 35.5. The standard InChI is InChI=1S/C16H22N2O6S.ClH/c1-17-12-6-8-18(9-7-12)25(21,22)14-10-11(15(19)23-2)4-5-13(14)16(20)24-3;/h4-5,10,12,17H,6-9H2,1-3H3;1H. The summed E-state index contributed by atoms with van der Waals surface area (Å²) in [4.78, 5) is 23.5. The lowest BCUT2D eigenvalue weighted by atomic mass is 10.1. The number of sulfonamides is 1. The highest BCUT2D eigenvalue weighted by molar-refractivity contribution is 7.89. The Kier molecular flexibility index (Phi) is 8.01. The van der Waals surface area contributed by atoms with Crippen LogP contribution in [0.4, 0.5) is 0 Å². The SMILES string of the molecule is CNC1CCN(S(=O)(=O)c2cc(C(=O)OC)ccc2C(=O)OC)CC1.Cl. The summed E-state index contributed by atoms with van der Waals surface area (Å²) in [5, 5.41) is 3.13. The molecule has 1 heterocycles. The molecule has 0 atom stereocenters. The number of hydrogen-bond acceptors (Lipinski definition) is 7. The molecule has 1 aliphatic heterocycles. The number of methoxy groups -OCH3 is 2. The van der Waals surface area contributed by atoms with Crippen molar-refractivity contribution in [2.24, 2.45) is 0 Å². The van der Waals surface area contributed by atoms with Gasteiger partial charge in [0, 0.05) is 19.1 Å². The Morgan fingerprint density at radius 3 is 2.19 bits per heavy atom. The maximum absolute atomic E-state index is 13.0. The molecule has 2 rings (SSSR count). The van der Waals surface area contributed by atoms with E-state index in [2.05, 4.69) is 14.8 Å². The van der Waals surface area contributed by atoms with E-state index in [1.165, 1.54) is 30.7 Å². The fourth-order valence-corrected chi connectivity index (χ4v) is 4.46. The molecular weight excluding hydrogens is 384 g/mol. The van der Waals surface area contributed by atoms with Gasteiger partial charge in [-0.3, -0.25) is 0 Å². The van der Waals surface area contributed by atoms with E-state index in [1.807, 2.05) is 7.05 Å². The lowest BCUT2D eigenvalue weighted by Gasteiger charge is -2.31. The first-order chi connectivity index (χ1) is 11.8. The van der Waals surface area contributed by atoms with Crippen LogP contribution in [0.1, 0.15) is 33.6 Å². The van der Waals surface area contributed by atoms with Crippen molar-refractivity contribution in [3.05, 3.63) is 29.3 Å². The Labute approximate surface area is 159 Å². The molecule has 0 saturated carbocycles. The molecule has 0 bridgehead atoms. The van der Waals surface area contributed by atoms with Gasteiger partial charge in [0.1, 0.15) is 0 Å². The summed E-state index contributed by atoms with van der Waals surface area (Å²) >= 11 is 0. The Bertz CT molecular complexity index is 760. The van der Waals surface area contributed by atoms with E-state index in [4.69, 9.17) is 0 Å². The van der Waals surface area contributed by atoms with Crippen molar-refractivity contribution in [2.45, 2.75) is 23.8 Å². The van der Waals surface area contributed by atoms with Gasteiger partial charge in [0.05, 0.1) is 30.2 Å². The van der Waals surface area contributed by atoms with Crippen molar-refractivity contribution in [3.8, 4) is 0 Å². The molecule has 1 fully saturated rings. The fraction of sp³-hybridized carbons (Fsp3) is 0.500. The molecule has 1 saturated heterocycles. The highest BCUT2D eigenvalue weighted by Crippen LogP contribution is 2.26. The zero-order valence-electron chi connectivity index (χ0n) is 14.9. The zero-order chi connectivity index (χ0) is 18.6. The summed E-state index contributed by atoms with van der Waals surface area (Å²) in [6.07, 6.45) is 1.33. The number of nitrogens with one attached hydrogen (secondary N) is 1. The van der Waals surface area contributed by atoms with E-state index in [1.54, 1.807) is 0 Å². The molecule has 10 heteroatoms. The molecule has 0 amide bonds. The van der Waals surface area contributed by atoms with Crippen LogP contribution in [0, 0.1) is 0 Å². The first-order valence-electron chi connectivity index (χ1n) is 7.83. The van der Waals surface area contributed by atoms with E-state index in [9.17, 15) is 18.0 Å². The number of piperidine rings is 1. The molecular formula is C16H23ClN2O6S. The first-order valence-corrected chi connectivity index (χ1v) is 9.27. The second-order valence-corrected chi connectivity index (χ2v) is 7.57. The minimum atomic E-state index is -3.95. The molecule has 0 spiro atoms. The number of ether oxygens (including phenoxy) is 2. The van der Waals surface area contributed by atoms with Crippen LogP contribution in [0.25, 0.3) is 0 Å². The Morgan fingerprint density at radius 1 is 1.12 bits per heavy atom. The largest absolute Gasteiger partial charge is 0.465 e. The number of carbonyl (C=O) groups excluding carboxylic acids is 2. The van der Waals surface area contributed by atoms with Gasteiger partial charge in [-0.25, -0.2) is 18.0 Å². The minimum absolute atomic E-state index is 0. The van der Waals surface area contributed by atoms with Crippen molar-refractivity contribution in [3.63, 3.8) is 0 Å². The molecule has 1 aliphatic rings. The molecule has 26 heavy (non-hydrogen) atoms. The van der Waals surface area contributed by atoms with Crippen LogP contribution in [0.15, 0.2) is 23.1 Å². The van der Waals surface area contributed by atoms with Crippen molar-refractivity contribution in [1.82, 2.24) is 9.62 Å². The number of rotatable bonds is 5. The Hall–Kier alpha value is -1.68. The lowest BCUT2D eigenvalue weighted by molar-refractivity contribution is 0.0583. The number of benzene rings is 1. The number of nitrogens with zero attached hydrogens (tertiary/aromatic N) is 1. The minimum Gasteiger partial charge on any atom is -0.465 e. The van der Waals surface area contributed by atoms with Crippen LogP contribution in [0.2, 0.25) is 0 Å². The monoisotopic (exact) mass is 406 g/mol. The summed E-state index contributed by atoms with van der Waals surface area (Å²) in [5.41, 5.74) is -0.0512. The predicted molar refractivity (Wildman–Crippen MR) is 97.2 cm³/mol.